The molecule has 0 spiro atoms. The number of nitrogens with one attached hydrogen (secondary N) is 3. The van der Waals surface area contributed by atoms with Crippen molar-refractivity contribution in [3.8, 4) is 0 Å². The molecule has 0 aliphatic rings. The maximum absolute atomic E-state index is 12.9. The molecule has 0 bridgehead atoms. The van der Waals surface area contributed by atoms with Gasteiger partial charge in [0.25, 0.3) is 0 Å². The van der Waals surface area contributed by atoms with Gasteiger partial charge in [0.05, 0.1) is 13.7 Å². The largest absolute Gasteiger partial charge is 0.467 e. The van der Waals surface area contributed by atoms with Gasteiger partial charge in [0.15, 0.2) is 0 Å². The molecule has 11 nitrogen and oxygen atoms in total. The Morgan fingerprint density at radius 3 is 1.91 bits per heavy atom. The van der Waals surface area contributed by atoms with Crippen molar-refractivity contribution >= 4 is 23.7 Å². The van der Waals surface area contributed by atoms with Gasteiger partial charge in [-0.25, -0.2) is 4.79 Å². The minimum Gasteiger partial charge on any atom is -0.467 e. The van der Waals surface area contributed by atoms with Crippen molar-refractivity contribution in [3.63, 3.8) is 0 Å². The van der Waals surface area contributed by atoms with Crippen molar-refractivity contribution in [3.05, 3.63) is 0 Å². The first-order valence-corrected chi connectivity index (χ1v) is 12.2. The van der Waals surface area contributed by atoms with E-state index in [0.29, 0.717) is 38.8 Å². The number of hydrogen-bond donors (Lipinski definition) is 6. The van der Waals surface area contributed by atoms with Crippen LogP contribution in [0.4, 0.5) is 0 Å². The summed E-state index contributed by atoms with van der Waals surface area (Å²) in [5, 5.41) is 17.4. The number of ether oxygens (including phenoxy) is 1. The van der Waals surface area contributed by atoms with Gasteiger partial charge in [-0.15, -0.1) is 0 Å². The molecule has 0 aliphatic carbocycles. The first-order chi connectivity index (χ1) is 16.2. The Balaban J connectivity index is 5.10. The first-order valence-electron chi connectivity index (χ1n) is 12.2. The fourth-order valence-corrected chi connectivity index (χ4v) is 3.38. The Morgan fingerprint density at radius 1 is 0.794 bits per heavy atom. The molecular formula is C23H45N5O6. The summed E-state index contributed by atoms with van der Waals surface area (Å²) in [7, 11) is 1.25. The molecule has 0 aromatic rings. The lowest BCUT2D eigenvalue weighted by atomic mass is 10.0. The molecule has 0 heterocycles. The molecule has 0 saturated carbocycles. The van der Waals surface area contributed by atoms with Gasteiger partial charge >= 0.3 is 5.97 Å². The Morgan fingerprint density at radius 2 is 1.35 bits per heavy atom. The highest BCUT2D eigenvalue weighted by Crippen LogP contribution is 2.09. The number of amides is 3. The summed E-state index contributed by atoms with van der Waals surface area (Å²) in [5.41, 5.74) is 11.0. The van der Waals surface area contributed by atoms with E-state index >= 15 is 0 Å². The van der Waals surface area contributed by atoms with Crippen molar-refractivity contribution in [2.75, 3.05) is 26.8 Å². The minimum atomic E-state index is -1.19. The SMILES string of the molecule is COC(=O)[C@H](CC(C)C)NC(=O)[C@H](CCCCN)NC(=O)[C@H](CO)NC(=O)CCCCCCN. The molecule has 0 aromatic carbocycles. The van der Waals surface area contributed by atoms with Crippen LogP contribution >= 0.6 is 0 Å². The smallest absolute Gasteiger partial charge is 0.328 e. The number of rotatable bonds is 19. The summed E-state index contributed by atoms with van der Waals surface area (Å²) >= 11 is 0. The summed E-state index contributed by atoms with van der Waals surface area (Å²) in [6.07, 6.45) is 5.44. The highest BCUT2D eigenvalue weighted by atomic mass is 16.5. The van der Waals surface area contributed by atoms with Gasteiger partial charge in [0.1, 0.15) is 18.1 Å². The second-order valence-corrected chi connectivity index (χ2v) is 8.82. The third-order valence-corrected chi connectivity index (χ3v) is 5.28. The molecule has 0 unspecified atom stereocenters. The van der Waals surface area contributed by atoms with Crippen LogP contribution < -0.4 is 27.4 Å². The predicted molar refractivity (Wildman–Crippen MR) is 129 cm³/mol. The number of aliphatic hydroxyl groups is 1. The lowest BCUT2D eigenvalue weighted by Crippen LogP contribution is -2.56. The number of carbonyl (C=O) groups is 4. The molecular weight excluding hydrogens is 442 g/mol. The zero-order valence-corrected chi connectivity index (χ0v) is 20.9. The Labute approximate surface area is 203 Å². The summed E-state index contributed by atoms with van der Waals surface area (Å²) in [6.45, 7) is 4.25. The molecule has 0 aliphatic heterocycles. The van der Waals surface area contributed by atoms with Crippen molar-refractivity contribution < 1.29 is 29.0 Å². The quantitative estimate of drug-likeness (QED) is 0.106. The van der Waals surface area contributed by atoms with Crippen LogP contribution in [0.1, 0.15) is 71.6 Å². The number of esters is 1. The minimum absolute atomic E-state index is 0.124. The van der Waals surface area contributed by atoms with Gasteiger partial charge in [-0.3, -0.25) is 14.4 Å². The van der Waals surface area contributed by atoms with E-state index in [4.69, 9.17) is 16.2 Å². The Bertz CT molecular complexity index is 617. The standard InChI is InChI=1S/C23H45N5O6/c1-16(2)14-18(23(33)34-3)28-21(31)17(10-7-9-13-25)27-22(32)19(15-29)26-20(30)11-6-4-5-8-12-24/h16-19,29H,4-15,24-25H2,1-3H3,(H,26,30)(H,27,32)(H,28,31)/t17-,18-,19-/m0/s1. The Hall–Kier alpha value is -2.24. The van der Waals surface area contributed by atoms with Crippen molar-refractivity contribution in [1.29, 1.82) is 0 Å². The fraction of sp³-hybridized carbons (Fsp3) is 0.826. The fourth-order valence-electron chi connectivity index (χ4n) is 3.38. The van der Waals surface area contributed by atoms with Crippen LogP contribution in [0.25, 0.3) is 0 Å². The number of hydrogen-bond acceptors (Lipinski definition) is 8. The molecule has 198 valence electrons. The van der Waals surface area contributed by atoms with E-state index in [2.05, 4.69) is 16.0 Å². The van der Waals surface area contributed by atoms with Crippen molar-refractivity contribution in [2.45, 2.75) is 89.8 Å². The number of nitrogens with two attached hydrogens (primary N) is 2. The van der Waals surface area contributed by atoms with Gasteiger partial charge in [0.2, 0.25) is 17.7 Å². The van der Waals surface area contributed by atoms with E-state index in [1.807, 2.05) is 13.8 Å². The monoisotopic (exact) mass is 487 g/mol. The van der Waals surface area contributed by atoms with E-state index in [-0.39, 0.29) is 24.7 Å². The maximum Gasteiger partial charge on any atom is 0.328 e. The van der Waals surface area contributed by atoms with Crippen molar-refractivity contribution in [1.82, 2.24) is 16.0 Å². The van der Waals surface area contributed by atoms with Crippen LogP contribution in [0.3, 0.4) is 0 Å². The molecule has 0 saturated heterocycles. The first kappa shape index (κ1) is 31.8. The summed E-state index contributed by atoms with van der Waals surface area (Å²) in [5.74, 6) is -2.01. The molecule has 3 amide bonds. The zero-order chi connectivity index (χ0) is 25.9. The number of unbranched alkanes of at least 4 members (excludes halogenated alkanes) is 4. The van der Waals surface area contributed by atoms with Gasteiger partial charge in [-0.05, 0) is 57.5 Å². The third-order valence-electron chi connectivity index (χ3n) is 5.28. The zero-order valence-electron chi connectivity index (χ0n) is 20.9. The second-order valence-electron chi connectivity index (χ2n) is 8.82. The third kappa shape index (κ3) is 14.1. The van der Waals surface area contributed by atoms with Crippen LogP contribution in [0.5, 0.6) is 0 Å². The number of aliphatic hydroxyl groups excluding tert-OH is 1. The van der Waals surface area contributed by atoms with E-state index in [9.17, 15) is 24.3 Å². The van der Waals surface area contributed by atoms with E-state index in [0.717, 1.165) is 19.3 Å². The molecule has 0 radical (unpaired) electrons. The Kier molecular flexibility index (Phi) is 17.8. The lowest BCUT2D eigenvalue weighted by molar-refractivity contribution is -0.146. The van der Waals surface area contributed by atoms with Gasteiger partial charge in [-0.1, -0.05) is 26.7 Å². The normalized spacial score (nSPS) is 13.6. The van der Waals surface area contributed by atoms with E-state index in [1.165, 1.54) is 7.11 Å². The summed E-state index contributed by atoms with van der Waals surface area (Å²) in [4.78, 5) is 49.9. The highest BCUT2D eigenvalue weighted by Gasteiger charge is 2.29. The highest BCUT2D eigenvalue weighted by molar-refractivity contribution is 5.93. The van der Waals surface area contributed by atoms with E-state index < -0.39 is 42.5 Å². The molecule has 34 heavy (non-hydrogen) atoms. The van der Waals surface area contributed by atoms with Crippen LogP contribution in [0.15, 0.2) is 0 Å². The van der Waals surface area contributed by atoms with Crippen LogP contribution in [-0.2, 0) is 23.9 Å². The van der Waals surface area contributed by atoms with Crippen molar-refractivity contribution in [2.24, 2.45) is 17.4 Å². The van der Waals surface area contributed by atoms with Gasteiger partial charge in [-0.2, -0.15) is 0 Å². The van der Waals surface area contributed by atoms with Crippen LogP contribution in [0, 0.1) is 5.92 Å². The average molecular weight is 488 g/mol. The van der Waals surface area contributed by atoms with E-state index in [1.54, 1.807) is 0 Å². The maximum atomic E-state index is 12.9. The number of carbonyl (C=O) groups excluding carboxylic acids is 4. The summed E-state index contributed by atoms with van der Waals surface area (Å²) < 4.78 is 4.78. The van der Waals surface area contributed by atoms with Gasteiger partial charge in [0, 0.05) is 6.42 Å². The predicted octanol–water partition coefficient (Wildman–Crippen LogP) is -0.310. The molecule has 0 rings (SSSR count). The second kappa shape index (κ2) is 19.1. The molecule has 0 aromatic heterocycles. The number of methoxy groups -OCH3 is 1. The molecule has 11 heteroatoms. The molecule has 0 fully saturated rings. The van der Waals surface area contributed by atoms with Gasteiger partial charge < -0.3 is 37.3 Å². The molecule has 8 N–H and O–H groups in total. The van der Waals surface area contributed by atoms with Crippen LogP contribution in [0.2, 0.25) is 0 Å². The lowest BCUT2D eigenvalue weighted by Gasteiger charge is -2.25. The topological polar surface area (TPSA) is 186 Å². The average Bonchev–Trinajstić information content (AvgIpc) is 2.80. The van der Waals surface area contributed by atoms with Crippen LogP contribution in [-0.4, -0.2) is 73.7 Å². The summed E-state index contributed by atoms with van der Waals surface area (Å²) in [6, 6.07) is -2.99. The molecule has 3 atom stereocenters.